The van der Waals surface area contributed by atoms with E-state index in [1.807, 2.05) is 59.3 Å². The van der Waals surface area contributed by atoms with Crippen molar-refractivity contribution in [1.82, 2.24) is 24.6 Å². The molecule has 2 atom stereocenters. The molecule has 1 fully saturated rings. The number of carbonyl (C=O) groups excluding carboxylic acids is 2. The zero-order chi connectivity index (χ0) is 25.8. The van der Waals surface area contributed by atoms with Crippen LogP contribution in [-0.2, 0) is 9.59 Å². The summed E-state index contributed by atoms with van der Waals surface area (Å²) in [4.78, 5) is 34.0. The molecule has 5 rings (SSSR count). The normalized spacial score (nSPS) is 16.5. The molecule has 37 heavy (non-hydrogen) atoms. The van der Waals surface area contributed by atoms with E-state index < -0.39 is 6.04 Å². The van der Waals surface area contributed by atoms with Crippen LogP contribution in [0.2, 0.25) is 0 Å². The predicted octanol–water partition coefficient (Wildman–Crippen LogP) is 3.34. The number of hydrogen-bond donors (Lipinski definition) is 2. The van der Waals surface area contributed by atoms with Gasteiger partial charge in [0.15, 0.2) is 5.65 Å². The summed E-state index contributed by atoms with van der Waals surface area (Å²) in [6.45, 7) is 1.08. The van der Waals surface area contributed by atoms with Gasteiger partial charge in [0.1, 0.15) is 35.6 Å². The fourth-order valence-corrected chi connectivity index (χ4v) is 4.72. The molecular formula is C27H29N7O3. The largest absolute Gasteiger partial charge is 0.457 e. The summed E-state index contributed by atoms with van der Waals surface area (Å²) in [5, 5.41) is 5.60. The Hall–Kier alpha value is -4.31. The van der Waals surface area contributed by atoms with Gasteiger partial charge in [-0.05, 0) is 55.7 Å². The van der Waals surface area contributed by atoms with Gasteiger partial charge in [-0.2, -0.15) is 5.10 Å². The zero-order valence-corrected chi connectivity index (χ0v) is 20.4. The van der Waals surface area contributed by atoms with Crippen LogP contribution >= 0.6 is 0 Å². The van der Waals surface area contributed by atoms with E-state index in [0.29, 0.717) is 47.8 Å². The molecular weight excluding hydrogens is 470 g/mol. The lowest BCUT2D eigenvalue weighted by atomic mass is 10.0. The van der Waals surface area contributed by atoms with Crippen LogP contribution in [0.25, 0.3) is 22.3 Å². The summed E-state index contributed by atoms with van der Waals surface area (Å²) >= 11 is 0. The highest BCUT2D eigenvalue weighted by atomic mass is 16.5. The number of nitrogens with two attached hydrogens (primary N) is 2. The molecule has 3 heterocycles. The topological polar surface area (TPSA) is 142 Å². The van der Waals surface area contributed by atoms with Gasteiger partial charge in [-0.1, -0.05) is 18.2 Å². The van der Waals surface area contributed by atoms with E-state index in [1.54, 1.807) is 4.90 Å². The van der Waals surface area contributed by atoms with Gasteiger partial charge in [0.25, 0.3) is 0 Å². The van der Waals surface area contributed by atoms with Crippen molar-refractivity contribution in [2.24, 2.45) is 5.73 Å². The van der Waals surface area contributed by atoms with Crippen LogP contribution in [0.15, 0.2) is 60.9 Å². The third kappa shape index (κ3) is 5.14. The van der Waals surface area contributed by atoms with Crippen molar-refractivity contribution in [1.29, 1.82) is 0 Å². The lowest BCUT2D eigenvalue weighted by Crippen LogP contribution is -2.48. The SMILES string of the molecule is Nc1ncnc2c1c(-c1ccc(Oc3ccccc3)cc1)nn2C1CCCN(C(=O)C(N)CCC=O)C1. The lowest BCUT2D eigenvalue weighted by molar-refractivity contribution is -0.134. The van der Waals surface area contributed by atoms with Gasteiger partial charge in [0, 0.05) is 25.1 Å². The average Bonchev–Trinajstić information content (AvgIpc) is 3.33. The van der Waals surface area contributed by atoms with Crippen LogP contribution in [0.4, 0.5) is 5.82 Å². The molecule has 4 aromatic rings. The van der Waals surface area contributed by atoms with Crippen molar-refractivity contribution < 1.29 is 14.3 Å². The third-order valence-electron chi connectivity index (χ3n) is 6.59. The number of hydrogen-bond acceptors (Lipinski definition) is 8. The molecule has 10 heteroatoms. The van der Waals surface area contributed by atoms with Crippen LogP contribution in [0.5, 0.6) is 11.5 Å². The Balaban J connectivity index is 1.43. The number of ether oxygens (including phenoxy) is 1. The van der Waals surface area contributed by atoms with Gasteiger partial charge in [-0.15, -0.1) is 0 Å². The van der Waals surface area contributed by atoms with Crippen molar-refractivity contribution in [3.05, 3.63) is 60.9 Å². The van der Waals surface area contributed by atoms with Gasteiger partial charge < -0.3 is 25.9 Å². The van der Waals surface area contributed by atoms with Crippen molar-refractivity contribution in [2.45, 2.75) is 37.8 Å². The van der Waals surface area contributed by atoms with Crippen molar-refractivity contribution in [3.63, 3.8) is 0 Å². The maximum Gasteiger partial charge on any atom is 0.239 e. The number of nitrogen functional groups attached to an aromatic ring is 1. The second-order valence-electron chi connectivity index (χ2n) is 9.12. The van der Waals surface area contributed by atoms with Gasteiger partial charge in [-0.3, -0.25) is 4.79 Å². The Morgan fingerprint density at radius 2 is 1.86 bits per heavy atom. The first-order valence-corrected chi connectivity index (χ1v) is 12.3. The summed E-state index contributed by atoms with van der Waals surface area (Å²) < 4.78 is 7.77. The fraction of sp³-hybridized carbons (Fsp3) is 0.296. The fourth-order valence-electron chi connectivity index (χ4n) is 4.72. The molecule has 0 saturated carbocycles. The molecule has 4 N–H and O–H groups in total. The minimum Gasteiger partial charge on any atom is -0.457 e. The van der Waals surface area contributed by atoms with Crippen LogP contribution in [0, 0.1) is 0 Å². The second-order valence-corrected chi connectivity index (χ2v) is 9.12. The van der Waals surface area contributed by atoms with E-state index in [0.717, 1.165) is 30.4 Å². The number of carbonyl (C=O) groups is 2. The average molecular weight is 500 g/mol. The number of aromatic nitrogens is 4. The molecule has 0 radical (unpaired) electrons. The van der Waals surface area contributed by atoms with E-state index in [9.17, 15) is 9.59 Å². The van der Waals surface area contributed by atoms with E-state index >= 15 is 0 Å². The van der Waals surface area contributed by atoms with E-state index in [-0.39, 0.29) is 18.4 Å². The second kappa shape index (κ2) is 10.8. The Morgan fingerprint density at radius 1 is 1.11 bits per heavy atom. The monoisotopic (exact) mass is 499 g/mol. The maximum absolute atomic E-state index is 12.9. The Morgan fingerprint density at radius 3 is 2.62 bits per heavy atom. The molecule has 2 aromatic carbocycles. The Kier molecular flexibility index (Phi) is 7.09. The first-order chi connectivity index (χ1) is 18.0. The number of rotatable bonds is 8. The van der Waals surface area contributed by atoms with Gasteiger partial charge >= 0.3 is 0 Å². The van der Waals surface area contributed by atoms with Crippen molar-refractivity contribution in [3.8, 4) is 22.8 Å². The molecule has 0 bridgehead atoms. The third-order valence-corrected chi connectivity index (χ3v) is 6.59. The minimum atomic E-state index is -0.691. The first-order valence-electron chi connectivity index (χ1n) is 12.3. The molecule has 1 aliphatic rings. The molecule has 1 amide bonds. The molecule has 190 valence electrons. The lowest BCUT2D eigenvalue weighted by Gasteiger charge is -2.34. The number of aldehydes is 1. The molecule has 1 aliphatic heterocycles. The predicted molar refractivity (Wildman–Crippen MR) is 140 cm³/mol. The van der Waals surface area contributed by atoms with Crippen LogP contribution in [0.1, 0.15) is 31.7 Å². The number of likely N-dealkylation sites (tertiary alicyclic amines) is 1. The van der Waals surface area contributed by atoms with E-state index in [4.69, 9.17) is 21.3 Å². The minimum absolute atomic E-state index is 0.0952. The first kappa shape index (κ1) is 24.4. The smallest absolute Gasteiger partial charge is 0.239 e. The van der Waals surface area contributed by atoms with Crippen LogP contribution in [0.3, 0.4) is 0 Å². The molecule has 1 saturated heterocycles. The number of piperidine rings is 1. The van der Waals surface area contributed by atoms with Crippen LogP contribution in [-0.4, -0.2) is 56.0 Å². The molecule has 0 spiro atoms. The summed E-state index contributed by atoms with van der Waals surface area (Å²) in [7, 11) is 0. The maximum atomic E-state index is 12.9. The van der Waals surface area contributed by atoms with E-state index in [1.165, 1.54) is 6.33 Å². The Labute approximate surface area is 214 Å². The quantitative estimate of drug-likeness (QED) is 0.352. The highest BCUT2D eigenvalue weighted by Gasteiger charge is 2.30. The summed E-state index contributed by atoms with van der Waals surface area (Å²) in [6, 6.07) is 16.4. The summed E-state index contributed by atoms with van der Waals surface area (Å²) in [5.74, 6) is 1.65. The van der Waals surface area contributed by atoms with Gasteiger partial charge in [0.05, 0.1) is 17.5 Å². The number of para-hydroxylation sites is 1. The van der Waals surface area contributed by atoms with Crippen molar-refractivity contribution in [2.75, 3.05) is 18.8 Å². The van der Waals surface area contributed by atoms with Crippen LogP contribution < -0.4 is 16.2 Å². The van der Waals surface area contributed by atoms with Crippen molar-refractivity contribution >= 4 is 29.0 Å². The highest BCUT2D eigenvalue weighted by Crippen LogP contribution is 2.35. The molecule has 0 aliphatic carbocycles. The molecule has 2 aromatic heterocycles. The zero-order valence-electron chi connectivity index (χ0n) is 20.4. The Bertz CT molecular complexity index is 1390. The van der Waals surface area contributed by atoms with Gasteiger partial charge in [-0.25, -0.2) is 14.6 Å². The number of amides is 1. The number of benzene rings is 2. The summed E-state index contributed by atoms with van der Waals surface area (Å²) in [6.07, 6.45) is 4.46. The van der Waals surface area contributed by atoms with Gasteiger partial charge in [0.2, 0.25) is 5.91 Å². The highest BCUT2D eigenvalue weighted by molar-refractivity contribution is 5.98. The number of nitrogens with zero attached hydrogens (tertiary/aromatic N) is 5. The molecule has 2 unspecified atom stereocenters. The molecule has 10 nitrogen and oxygen atoms in total. The van der Waals surface area contributed by atoms with E-state index in [2.05, 4.69) is 9.97 Å². The standard InChI is InChI=1S/C27H29N7O3/c28-22(9-5-15-35)27(36)33-14-4-6-19(16-33)34-26-23(25(29)30-17-31-26)24(32-34)18-10-12-21(13-11-18)37-20-7-2-1-3-8-20/h1-3,7-8,10-13,15,17,19,22H,4-6,9,14,16,28H2,(H2,29,30,31). The number of fused-ring (bicyclic) bond motifs is 1. The summed E-state index contributed by atoms with van der Waals surface area (Å²) in [5.41, 5.74) is 14.5. The number of anilines is 1.